The van der Waals surface area contributed by atoms with Gasteiger partial charge in [0.2, 0.25) is 11.6 Å². The molecular formula is C8H6N2O5. The van der Waals surface area contributed by atoms with E-state index in [1.165, 1.54) is 12.2 Å². The summed E-state index contributed by atoms with van der Waals surface area (Å²) in [5.41, 5.74) is -0.0724. The van der Waals surface area contributed by atoms with Gasteiger partial charge < -0.3 is 4.74 Å². The number of amides is 2. The van der Waals surface area contributed by atoms with E-state index in [9.17, 15) is 19.7 Å². The summed E-state index contributed by atoms with van der Waals surface area (Å²) in [5, 5.41) is 12.4. The lowest BCUT2D eigenvalue weighted by Gasteiger charge is -2.24. The maximum atomic E-state index is 11.3. The summed E-state index contributed by atoms with van der Waals surface area (Å²) in [4.78, 5) is 32.0. The van der Waals surface area contributed by atoms with E-state index in [-0.39, 0.29) is 17.9 Å². The zero-order chi connectivity index (χ0) is 11.0. The summed E-state index contributed by atoms with van der Waals surface area (Å²) in [6.07, 6.45) is 1.61. The zero-order valence-corrected chi connectivity index (χ0v) is 7.43. The molecule has 0 spiro atoms. The average Bonchev–Trinajstić information content (AvgIpc) is 2.16. The van der Waals surface area contributed by atoms with Crippen molar-refractivity contribution in [1.82, 2.24) is 5.32 Å². The van der Waals surface area contributed by atoms with Crippen molar-refractivity contribution < 1.29 is 19.2 Å². The maximum Gasteiger partial charge on any atom is 0.419 e. The lowest BCUT2D eigenvalue weighted by molar-refractivity contribution is -0.428. The molecule has 2 amide bonds. The molecule has 2 rings (SSSR count). The Bertz CT molecular complexity index is 423. The maximum absolute atomic E-state index is 11.3. The van der Waals surface area contributed by atoms with Gasteiger partial charge in [0.05, 0.1) is 11.3 Å². The molecule has 1 aliphatic heterocycles. The number of imide groups is 1. The van der Waals surface area contributed by atoms with Gasteiger partial charge in [0, 0.05) is 6.08 Å². The van der Waals surface area contributed by atoms with Gasteiger partial charge in [-0.3, -0.25) is 20.2 Å². The van der Waals surface area contributed by atoms with Crippen molar-refractivity contribution in [2.45, 2.75) is 6.42 Å². The Balaban J connectivity index is 2.30. The summed E-state index contributed by atoms with van der Waals surface area (Å²) < 4.78 is 4.71. The van der Waals surface area contributed by atoms with Gasteiger partial charge in [0.1, 0.15) is 11.7 Å². The molecule has 0 saturated carbocycles. The van der Waals surface area contributed by atoms with Crippen LogP contribution in [-0.2, 0) is 9.53 Å². The fourth-order valence-electron chi connectivity index (χ4n) is 1.45. The Morgan fingerprint density at radius 2 is 2.20 bits per heavy atom. The number of allylic oxidation sites excluding steroid dienone is 3. The standard InChI is InChI=1S/C8H6N2O5/c11-7-5-3-4(10(13)14)1-2-6(5)15-8(12)9-7/h1-2,5H,3H2,(H,9,11,12). The largest absolute Gasteiger partial charge is 0.419 e. The zero-order valence-electron chi connectivity index (χ0n) is 7.43. The molecule has 78 valence electrons. The number of carbonyl (C=O) groups is 2. The molecule has 0 aromatic carbocycles. The van der Waals surface area contributed by atoms with Gasteiger partial charge in [0.15, 0.2) is 0 Å². The average molecular weight is 210 g/mol. The SMILES string of the molecule is O=C1NC(=O)C2CC([N+](=O)[O-])=CC=C2O1. The fraction of sp³-hybridized carbons (Fsp3) is 0.250. The van der Waals surface area contributed by atoms with Gasteiger partial charge in [-0.25, -0.2) is 4.79 Å². The van der Waals surface area contributed by atoms with Crippen molar-refractivity contribution in [3.63, 3.8) is 0 Å². The van der Waals surface area contributed by atoms with Gasteiger partial charge in [-0.2, -0.15) is 0 Å². The second-order valence-electron chi connectivity index (χ2n) is 3.12. The molecule has 2 aliphatic rings. The second-order valence-corrected chi connectivity index (χ2v) is 3.12. The minimum atomic E-state index is -0.847. The summed E-state index contributed by atoms with van der Waals surface area (Å²) in [7, 11) is 0. The molecule has 7 nitrogen and oxygen atoms in total. The number of nitrogens with zero attached hydrogens (tertiary/aromatic N) is 1. The van der Waals surface area contributed by atoms with E-state index in [0.29, 0.717) is 0 Å². The lowest BCUT2D eigenvalue weighted by Crippen LogP contribution is -2.43. The summed E-state index contributed by atoms with van der Waals surface area (Å²) >= 11 is 0. The molecule has 1 fully saturated rings. The van der Waals surface area contributed by atoms with Crippen molar-refractivity contribution in [1.29, 1.82) is 0 Å². The normalized spacial score (nSPS) is 24.4. The Morgan fingerprint density at radius 3 is 2.87 bits per heavy atom. The van der Waals surface area contributed by atoms with Crippen LogP contribution in [0.5, 0.6) is 0 Å². The van der Waals surface area contributed by atoms with Crippen LogP contribution in [0.4, 0.5) is 4.79 Å². The highest BCUT2D eigenvalue weighted by atomic mass is 16.6. The number of fused-ring (bicyclic) bond motifs is 1. The molecular weight excluding hydrogens is 204 g/mol. The molecule has 0 bridgehead atoms. The third kappa shape index (κ3) is 1.58. The molecule has 0 radical (unpaired) electrons. The molecule has 1 heterocycles. The van der Waals surface area contributed by atoms with Crippen LogP contribution in [0.25, 0.3) is 0 Å². The first-order valence-electron chi connectivity index (χ1n) is 4.16. The summed E-state index contributed by atoms with van der Waals surface area (Å²) in [6, 6.07) is 0. The first-order valence-corrected chi connectivity index (χ1v) is 4.16. The van der Waals surface area contributed by atoms with E-state index in [1.54, 1.807) is 0 Å². The second kappa shape index (κ2) is 3.19. The predicted octanol–water partition coefficient (Wildman–Crippen LogP) is 0.317. The Labute approximate surface area is 83.5 Å². The van der Waals surface area contributed by atoms with Gasteiger partial charge in [0.25, 0.3) is 0 Å². The fourth-order valence-corrected chi connectivity index (χ4v) is 1.45. The third-order valence-corrected chi connectivity index (χ3v) is 2.18. The van der Waals surface area contributed by atoms with E-state index in [0.717, 1.165) is 0 Å². The van der Waals surface area contributed by atoms with E-state index in [2.05, 4.69) is 0 Å². The van der Waals surface area contributed by atoms with Crippen molar-refractivity contribution in [3.8, 4) is 0 Å². The molecule has 1 atom stereocenters. The summed E-state index contributed by atoms with van der Waals surface area (Å²) in [6.45, 7) is 0. The van der Waals surface area contributed by atoms with Gasteiger partial charge in [-0.05, 0) is 6.08 Å². The Kier molecular flexibility index (Phi) is 2.00. The van der Waals surface area contributed by atoms with Crippen molar-refractivity contribution in [2.24, 2.45) is 5.92 Å². The van der Waals surface area contributed by atoms with E-state index in [4.69, 9.17) is 4.74 Å². The van der Waals surface area contributed by atoms with Crippen LogP contribution < -0.4 is 5.32 Å². The highest BCUT2D eigenvalue weighted by molar-refractivity contribution is 5.97. The van der Waals surface area contributed by atoms with Crippen molar-refractivity contribution in [2.75, 3.05) is 0 Å². The quantitative estimate of drug-likeness (QED) is 0.496. The van der Waals surface area contributed by atoms with Crippen molar-refractivity contribution >= 4 is 12.0 Å². The molecule has 1 N–H and O–H groups in total. The van der Waals surface area contributed by atoms with Crippen LogP contribution in [0.1, 0.15) is 6.42 Å². The number of hydrogen-bond donors (Lipinski definition) is 1. The molecule has 1 aliphatic carbocycles. The molecule has 0 aromatic heterocycles. The van der Waals surface area contributed by atoms with Gasteiger partial charge in [-0.1, -0.05) is 0 Å². The molecule has 0 aromatic rings. The summed E-state index contributed by atoms with van der Waals surface area (Å²) in [5.74, 6) is -1.17. The number of ether oxygens (including phenoxy) is 1. The first-order chi connectivity index (χ1) is 7.08. The number of hydrogen-bond acceptors (Lipinski definition) is 5. The molecule has 7 heteroatoms. The van der Waals surface area contributed by atoms with Crippen LogP contribution >= 0.6 is 0 Å². The minimum Gasteiger partial charge on any atom is -0.414 e. The van der Waals surface area contributed by atoms with Crippen LogP contribution in [0.2, 0.25) is 0 Å². The number of alkyl carbamates (subject to hydrolysis) is 1. The monoisotopic (exact) mass is 210 g/mol. The number of rotatable bonds is 1. The van der Waals surface area contributed by atoms with Crippen molar-refractivity contribution in [3.05, 3.63) is 33.7 Å². The van der Waals surface area contributed by atoms with Crippen LogP contribution in [0, 0.1) is 16.0 Å². The van der Waals surface area contributed by atoms with Crippen LogP contribution in [0.3, 0.4) is 0 Å². The van der Waals surface area contributed by atoms with E-state index >= 15 is 0 Å². The number of carbonyl (C=O) groups excluding carboxylic acids is 2. The van der Waals surface area contributed by atoms with Gasteiger partial charge in [-0.15, -0.1) is 0 Å². The molecule has 1 unspecified atom stereocenters. The predicted molar refractivity (Wildman–Crippen MR) is 45.9 cm³/mol. The van der Waals surface area contributed by atoms with Gasteiger partial charge >= 0.3 is 6.09 Å². The molecule has 15 heavy (non-hydrogen) atoms. The topological polar surface area (TPSA) is 98.5 Å². The van der Waals surface area contributed by atoms with Crippen LogP contribution in [0.15, 0.2) is 23.6 Å². The first kappa shape index (κ1) is 9.38. The smallest absolute Gasteiger partial charge is 0.414 e. The number of nitro groups is 1. The Hall–Kier alpha value is -2.18. The Morgan fingerprint density at radius 1 is 1.47 bits per heavy atom. The lowest BCUT2D eigenvalue weighted by atomic mass is 9.94. The highest BCUT2D eigenvalue weighted by Gasteiger charge is 2.37. The third-order valence-electron chi connectivity index (χ3n) is 2.18. The van der Waals surface area contributed by atoms with Crippen LogP contribution in [-0.4, -0.2) is 16.9 Å². The molecule has 1 saturated heterocycles. The highest BCUT2D eigenvalue weighted by Crippen LogP contribution is 2.28. The minimum absolute atomic E-state index is 0.0576. The number of nitrogens with one attached hydrogen (secondary N) is 1. The van der Waals surface area contributed by atoms with E-state index < -0.39 is 22.8 Å². The van der Waals surface area contributed by atoms with E-state index in [1.807, 2.05) is 5.32 Å².